The summed E-state index contributed by atoms with van der Waals surface area (Å²) in [7, 11) is 0. The molecule has 0 unspecified atom stereocenters. The maximum Gasteiger partial charge on any atom is 0.194 e. The number of alkyl halides is 1. The molecule has 2 rings (SSSR count). The van der Waals surface area contributed by atoms with Crippen LogP contribution in [0.2, 0.25) is 0 Å². The molecule has 1 aromatic rings. The molecule has 1 aliphatic carbocycles. The largest absolute Gasteiger partial charge is 0.251 e. The lowest BCUT2D eigenvalue weighted by Crippen LogP contribution is -2.14. The van der Waals surface area contributed by atoms with Gasteiger partial charge in [-0.05, 0) is 80.9 Å². The van der Waals surface area contributed by atoms with E-state index in [-0.39, 0.29) is 6.67 Å². The molecule has 0 aliphatic heterocycles. The molecule has 23 heavy (non-hydrogen) atoms. The van der Waals surface area contributed by atoms with Gasteiger partial charge in [0.05, 0.1) is 6.67 Å². The van der Waals surface area contributed by atoms with E-state index in [1.807, 2.05) is 0 Å². The third kappa shape index (κ3) is 5.67. The van der Waals surface area contributed by atoms with Gasteiger partial charge in [0.25, 0.3) is 0 Å². The zero-order valence-corrected chi connectivity index (χ0v) is 13.3. The van der Waals surface area contributed by atoms with Crippen molar-refractivity contribution in [2.45, 2.75) is 51.4 Å². The van der Waals surface area contributed by atoms with E-state index in [1.165, 1.54) is 0 Å². The quantitative estimate of drug-likeness (QED) is 0.244. The second kappa shape index (κ2) is 9.09. The average molecular weight is 328 g/mol. The molecular weight excluding hydrogens is 304 g/mol. The molecule has 0 amide bonds. The van der Waals surface area contributed by atoms with Crippen LogP contribution < -0.4 is 0 Å². The molecule has 1 saturated carbocycles. The minimum absolute atomic E-state index is 0.262. The molecule has 1 aromatic carbocycles. The first-order chi connectivity index (χ1) is 11.1. The molecule has 0 nitrogen and oxygen atoms in total. The number of hydrogen-bond acceptors (Lipinski definition) is 0. The van der Waals surface area contributed by atoms with Gasteiger partial charge in [-0.3, -0.25) is 4.39 Å². The summed E-state index contributed by atoms with van der Waals surface area (Å²) in [5.41, 5.74) is 0.523. The number of allylic oxidation sites excluding steroid dienone is 2. The predicted molar refractivity (Wildman–Crippen MR) is 84.4 cm³/mol. The molecule has 0 atom stereocenters. The third-order valence-corrected chi connectivity index (χ3v) is 4.69. The summed E-state index contributed by atoms with van der Waals surface area (Å²) in [5, 5.41) is 0. The maximum absolute atomic E-state index is 13.2. The van der Waals surface area contributed by atoms with E-state index in [0.29, 0.717) is 30.2 Å². The van der Waals surface area contributed by atoms with Gasteiger partial charge in [-0.15, -0.1) is 0 Å². The van der Waals surface area contributed by atoms with E-state index < -0.39 is 17.5 Å². The molecule has 1 fully saturated rings. The Morgan fingerprint density at radius 2 is 1.65 bits per heavy atom. The van der Waals surface area contributed by atoms with Gasteiger partial charge in [-0.1, -0.05) is 12.2 Å². The summed E-state index contributed by atoms with van der Waals surface area (Å²) < 4.78 is 51.3. The molecule has 0 N–H and O–H groups in total. The van der Waals surface area contributed by atoms with Crippen molar-refractivity contribution < 1.29 is 17.6 Å². The highest BCUT2D eigenvalue weighted by atomic mass is 19.2. The van der Waals surface area contributed by atoms with E-state index in [4.69, 9.17) is 0 Å². The predicted octanol–water partition coefficient (Wildman–Crippen LogP) is 6.15. The summed E-state index contributed by atoms with van der Waals surface area (Å²) in [5.74, 6) is -2.48. The number of rotatable bonds is 7. The second-order valence-corrected chi connectivity index (χ2v) is 6.45. The molecular formula is C19H24F4. The van der Waals surface area contributed by atoms with Gasteiger partial charge >= 0.3 is 0 Å². The summed E-state index contributed by atoms with van der Waals surface area (Å²) >= 11 is 0. The fourth-order valence-electron chi connectivity index (χ4n) is 3.28. The Kier molecular flexibility index (Phi) is 7.13. The van der Waals surface area contributed by atoms with Crippen molar-refractivity contribution in [2.24, 2.45) is 11.8 Å². The van der Waals surface area contributed by atoms with Crippen LogP contribution in [0.1, 0.15) is 50.5 Å². The average Bonchev–Trinajstić information content (AvgIpc) is 2.55. The van der Waals surface area contributed by atoms with Gasteiger partial charge in [0.1, 0.15) is 0 Å². The summed E-state index contributed by atoms with van der Waals surface area (Å²) in [4.78, 5) is 0. The highest BCUT2D eigenvalue weighted by Gasteiger charge is 2.19. The van der Waals surface area contributed by atoms with Gasteiger partial charge in [0.2, 0.25) is 0 Å². The van der Waals surface area contributed by atoms with Gasteiger partial charge in [-0.25, -0.2) is 13.2 Å². The Hall–Kier alpha value is -1.32. The smallest absolute Gasteiger partial charge is 0.194 e. The summed E-state index contributed by atoms with van der Waals surface area (Å²) in [6, 6.07) is 2.19. The second-order valence-electron chi connectivity index (χ2n) is 6.45. The summed E-state index contributed by atoms with van der Waals surface area (Å²) in [6.07, 6.45) is 11.6. The van der Waals surface area contributed by atoms with Crippen molar-refractivity contribution in [1.82, 2.24) is 0 Å². The Balaban J connectivity index is 1.73. The molecule has 0 spiro atoms. The monoisotopic (exact) mass is 328 g/mol. The molecule has 0 radical (unpaired) electrons. The van der Waals surface area contributed by atoms with Crippen molar-refractivity contribution >= 4 is 0 Å². The fraction of sp³-hybridized carbons (Fsp3) is 0.579. The topological polar surface area (TPSA) is 0 Å². The van der Waals surface area contributed by atoms with Crippen LogP contribution in [0.4, 0.5) is 17.6 Å². The van der Waals surface area contributed by atoms with Crippen LogP contribution in [0.3, 0.4) is 0 Å². The molecule has 128 valence electrons. The lowest BCUT2D eigenvalue weighted by molar-refractivity contribution is 0.295. The zero-order chi connectivity index (χ0) is 16.7. The van der Waals surface area contributed by atoms with Crippen molar-refractivity contribution in [1.29, 1.82) is 0 Å². The van der Waals surface area contributed by atoms with Gasteiger partial charge in [0.15, 0.2) is 17.5 Å². The minimum atomic E-state index is -1.39. The fourth-order valence-corrected chi connectivity index (χ4v) is 3.28. The number of hydrogen-bond donors (Lipinski definition) is 0. The van der Waals surface area contributed by atoms with Crippen LogP contribution in [0.5, 0.6) is 0 Å². The van der Waals surface area contributed by atoms with Crippen LogP contribution in [-0.2, 0) is 6.42 Å². The number of halogens is 4. The van der Waals surface area contributed by atoms with Crippen LogP contribution in [0, 0.1) is 29.3 Å². The number of aryl methyl sites for hydroxylation is 1. The zero-order valence-electron chi connectivity index (χ0n) is 13.3. The SMILES string of the molecule is FCCCC=CC1CCC(CCc2cc(F)c(F)c(F)c2)CC1. The van der Waals surface area contributed by atoms with Crippen LogP contribution in [0.15, 0.2) is 24.3 Å². The lowest BCUT2D eigenvalue weighted by atomic mass is 9.79. The van der Waals surface area contributed by atoms with Crippen molar-refractivity contribution in [3.8, 4) is 0 Å². The van der Waals surface area contributed by atoms with Crippen molar-refractivity contribution in [3.63, 3.8) is 0 Å². The first-order valence-electron chi connectivity index (χ1n) is 8.46. The van der Waals surface area contributed by atoms with Crippen molar-refractivity contribution in [3.05, 3.63) is 47.3 Å². The molecule has 0 saturated heterocycles. The number of benzene rings is 1. The first kappa shape index (κ1) is 18.0. The highest BCUT2D eigenvalue weighted by molar-refractivity contribution is 5.19. The van der Waals surface area contributed by atoms with Crippen molar-refractivity contribution in [2.75, 3.05) is 6.67 Å². The Bertz CT molecular complexity index is 493. The van der Waals surface area contributed by atoms with E-state index >= 15 is 0 Å². The van der Waals surface area contributed by atoms with Crippen LogP contribution in [0.25, 0.3) is 0 Å². The Labute approximate surface area is 135 Å². The maximum atomic E-state index is 13.2. The van der Waals surface area contributed by atoms with E-state index in [2.05, 4.69) is 12.2 Å². The highest BCUT2D eigenvalue weighted by Crippen LogP contribution is 2.32. The molecule has 0 aromatic heterocycles. The Morgan fingerprint density at radius 1 is 1.00 bits per heavy atom. The molecule has 0 bridgehead atoms. The van der Waals surface area contributed by atoms with Gasteiger partial charge in [-0.2, -0.15) is 0 Å². The number of unbranched alkanes of at least 4 members (excludes halogenated alkanes) is 1. The van der Waals surface area contributed by atoms with E-state index in [0.717, 1.165) is 50.7 Å². The normalized spacial score (nSPS) is 21.9. The van der Waals surface area contributed by atoms with Crippen LogP contribution >= 0.6 is 0 Å². The van der Waals surface area contributed by atoms with E-state index in [1.54, 1.807) is 0 Å². The Morgan fingerprint density at radius 3 is 2.26 bits per heavy atom. The molecule has 1 aliphatic rings. The molecule has 0 heterocycles. The third-order valence-electron chi connectivity index (χ3n) is 4.69. The molecule has 4 heteroatoms. The van der Waals surface area contributed by atoms with Gasteiger partial charge < -0.3 is 0 Å². The van der Waals surface area contributed by atoms with Crippen LogP contribution in [-0.4, -0.2) is 6.67 Å². The van der Waals surface area contributed by atoms with Gasteiger partial charge in [0, 0.05) is 0 Å². The summed E-state index contributed by atoms with van der Waals surface area (Å²) in [6.45, 7) is -0.262. The van der Waals surface area contributed by atoms with E-state index in [9.17, 15) is 17.6 Å². The minimum Gasteiger partial charge on any atom is -0.251 e. The standard InChI is InChI=1S/C19H24F4/c20-11-3-1-2-4-14-5-7-15(8-6-14)9-10-16-12-17(21)19(23)18(22)13-16/h2,4,12-15H,1,3,5-11H2. The lowest BCUT2D eigenvalue weighted by Gasteiger charge is -2.26. The first-order valence-corrected chi connectivity index (χ1v) is 8.46.